The maximum absolute atomic E-state index is 12.6. The van der Waals surface area contributed by atoms with Crippen molar-refractivity contribution >= 4 is 11.6 Å². The molecule has 2 atom stereocenters. The van der Waals surface area contributed by atoms with Gasteiger partial charge in [0, 0.05) is 25.3 Å². The molecule has 108 valence electrons. The van der Waals surface area contributed by atoms with Crippen LogP contribution in [0.3, 0.4) is 0 Å². The number of fused-ring (bicyclic) bond motifs is 1. The Morgan fingerprint density at radius 2 is 1.90 bits per heavy atom. The summed E-state index contributed by atoms with van der Waals surface area (Å²) >= 11 is 0. The van der Waals surface area contributed by atoms with E-state index in [0.717, 1.165) is 31.7 Å². The third-order valence-electron chi connectivity index (χ3n) is 4.49. The summed E-state index contributed by atoms with van der Waals surface area (Å²) in [5.41, 5.74) is 2.43. The predicted molar refractivity (Wildman–Crippen MR) is 81.9 cm³/mol. The van der Waals surface area contributed by atoms with Crippen LogP contribution in [0, 0.1) is 11.8 Å². The average molecular weight is 272 g/mol. The number of amides is 1. The van der Waals surface area contributed by atoms with Gasteiger partial charge >= 0.3 is 0 Å². The number of anilines is 1. The van der Waals surface area contributed by atoms with Gasteiger partial charge < -0.3 is 4.90 Å². The van der Waals surface area contributed by atoms with Gasteiger partial charge in [0.05, 0.1) is 6.54 Å². The molecular weight excluding hydrogens is 248 g/mol. The van der Waals surface area contributed by atoms with Crippen molar-refractivity contribution in [2.24, 2.45) is 11.8 Å². The molecule has 2 aliphatic heterocycles. The normalized spacial score (nSPS) is 26.6. The minimum atomic E-state index is 0.260. The van der Waals surface area contributed by atoms with E-state index in [4.69, 9.17) is 0 Å². The Morgan fingerprint density at radius 1 is 1.20 bits per heavy atom. The van der Waals surface area contributed by atoms with Crippen LogP contribution in [0.25, 0.3) is 0 Å². The number of likely N-dealkylation sites (tertiary alicyclic amines) is 1. The fourth-order valence-electron chi connectivity index (χ4n) is 3.80. The fraction of sp³-hybridized carbons (Fsp3) is 0.588. The molecule has 0 N–H and O–H groups in total. The number of piperidine rings is 1. The first-order chi connectivity index (χ1) is 9.63. The summed E-state index contributed by atoms with van der Waals surface area (Å²) in [6.45, 7) is 8.12. The second-order valence-corrected chi connectivity index (χ2v) is 6.56. The minimum Gasteiger partial charge on any atom is -0.311 e. The monoisotopic (exact) mass is 272 g/mol. The Hall–Kier alpha value is -1.35. The lowest BCUT2D eigenvalue weighted by molar-refractivity contribution is -0.120. The molecule has 2 heterocycles. The van der Waals surface area contributed by atoms with E-state index >= 15 is 0 Å². The Bertz CT molecular complexity index is 490. The van der Waals surface area contributed by atoms with E-state index in [-0.39, 0.29) is 5.91 Å². The Kier molecular flexibility index (Phi) is 3.79. The van der Waals surface area contributed by atoms with Crippen molar-refractivity contribution in [3.63, 3.8) is 0 Å². The second-order valence-electron chi connectivity index (χ2n) is 6.56. The molecule has 0 aliphatic carbocycles. The molecule has 3 nitrogen and oxygen atoms in total. The summed E-state index contributed by atoms with van der Waals surface area (Å²) in [7, 11) is 0. The molecule has 1 amide bonds. The highest BCUT2D eigenvalue weighted by Gasteiger charge is 2.28. The second kappa shape index (κ2) is 5.57. The van der Waals surface area contributed by atoms with E-state index in [1.165, 1.54) is 12.0 Å². The van der Waals surface area contributed by atoms with Crippen LogP contribution in [-0.4, -0.2) is 37.0 Å². The largest absolute Gasteiger partial charge is 0.311 e. The fourth-order valence-corrected chi connectivity index (χ4v) is 3.80. The van der Waals surface area contributed by atoms with E-state index in [2.05, 4.69) is 36.9 Å². The summed E-state index contributed by atoms with van der Waals surface area (Å²) in [5, 5.41) is 0. The molecule has 1 saturated heterocycles. The topological polar surface area (TPSA) is 23.6 Å². The van der Waals surface area contributed by atoms with Gasteiger partial charge in [-0.05, 0) is 36.3 Å². The van der Waals surface area contributed by atoms with Crippen LogP contribution in [0.5, 0.6) is 0 Å². The molecule has 3 rings (SSSR count). The molecule has 20 heavy (non-hydrogen) atoms. The quantitative estimate of drug-likeness (QED) is 0.826. The van der Waals surface area contributed by atoms with E-state index in [9.17, 15) is 4.79 Å². The predicted octanol–water partition coefficient (Wildman–Crippen LogP) is 2.55. The summed E-state index contributed by atoms with van der Waals surface area (Å²) in [6.07, 6.45) is 2.28. The summed E-state index contributed by atoms with van der Waals surface area (Å²) in [6, 6.07) is 8.28. The van der Waals surface area contributed by atoms with Crippen LogP contribution < -0.4 is 4.90 Å². The zero-order valence-electron chi connectivity index (χ0n) is 12.5. The van der Waals surface area contributed by atoms with E-state index < -0.39 is 0 Å². The highest BCUT2D eigenvalue weighted by molar-refractivity contribution is 5.96. The van der Waals surface area contributed by atoms with Crippen molar-refractivity contribution in [3.05, 3.63) is 29.8 Å². The molecule has 0 saturated carbocycles. The molecule has 0 spiro atoms. The summed E-state index contributed by atoms with van der Waals surface area (Å²) in [4.78, 5) is 16.9. The number of hydrogen-bond donors (Lipinski definition) is 0. The third kappa shape index (κ3) is 2.73. The Morgan fingerprint density at radius 3 is 2.65 bits per heavy atom. The standard InChI is InChI=1S/C17H24N2O/c1-13-9-14(2)11-18(10-13)12-17(20)19-8-7-15-5-3-4-6-16(15)19/h3-6,13-14H,7-12H2,1-2H3. The number of carbonyl (C=O) groups excluding carboxylic acids is 1. The molecule has 1 aromatic carbocycles. The van der Waals surface area contributed by atoms with Crippen molar-refractivity contribution in [1.82, 2.24) is 4.90 Å². The molecule has 3 heteroatoms. The van der Waals surface area contributed by atoms with Crippen molar-refractivity contribution in [2.75, 3.05) is 31.1 Å². The zero-order chi connectivity index (χ0) is 14.1. The van der Waals surface area contributed by atoms with Crippen LogP contribution in [0.4, 0.5) is 5.69 Å². The number of para-hydroxylation sites is 1. The Balaban J connectivity index is 1.66. The first-order valence-corrected chi connectivity index (χ1v) is 7.74. The van der Waals surface area contributed by atoms with Gasteiger partial charge in [-0.1, -0.05) is 32.0 Å². The van der Waals surface area contributed by atoms with Gasteiger partial charge in [-0.15, -0.1) is 0 Å². The molecule has 2 unspecified atom stereocenters. The summed E-state index contributed by atoms with van der Waals surface area (Å²) in [5.74, 6) is 1.67. The lowest BCUT2D eigenvalue weighted by Crippen LogP contribution is -2.45. The smallest absolute Gasteiger partial charge is 0.241 e. The van der Waals surface area contributed by atoms with Gasteiger partial charge in [0.1, 0.15) is 0 Å². The van der Waals surface area contributed by atoms with Crippen LogP contribution in [0.1, 0.15) is 25.8 Å². The van der Waals surface area contributed by atoms with Gasteiger partial charge in [0.15, 0.2) is 0 Å². The maximum Gasteiger partial charge on any atom is 0.241 e. The molecule has 0 radical (unpaired) electrons. The van der Waals surface area contributed by atoms with Gasteiger partial charge in [-0.3, -0.25) is 9.69 Å². The highest BCUT2D eigenvalue weighted by Crippen LogP contribution is 2.28. The number of nitrogens with zero attached hydrogens (tertiary/aromatic N) is 2. The van der Waals surface area contributed by atoms with E-state index in [1.54, 1.807) is 0 Å². The Labute approximate surface area is 121 Å². The third-order valence-corrected chi connectivity index (χ3v) is 4.49. The highest BCUT2D eigenvalue weighted by atomic mass is 16.2. The van der Waals surface area contributed by atoms with Gasteiger partial charge in [0.25, 0.3) is 0 Å². The number of rotatable bonds is 2. The van der Waals surface area contributed by atoms with Crippen molar-refractivity contribution in [3.8, 4) is 0 Å². The van der Waals surface area contributed by atoms with E-state index in [0.29, 0.717) is 18.4 Å². The van der Waals surface area contributed by atoms with Crippen molar-refractivity contribution in [1.29, 1.82) is 0 Å². The van der Waals surface area contributed by atoms with Gasteiger partial charge in [-0.25, -0.2) is 0 Å². The first kappa shape index (κ1) is 13.6. The van der Waals surface area contributed by atoms with Gasteiger partial charge in [-0.2, -0.15) is 0 Å². The number of hydrogen-bond acceptors (Lipinski definition) is 2. The zero-order valence-corrected chi connectivity index (χ0v) is 12.5. The summed E-state index contributed by atoms with van der Waals surface area (Å²) < 4.78 is 0. The molecule has 0 bridgehead atoms. The molecule has 1 aromatic rings. The molecular formula is C17H24N2O. The van der Waals surface area contributed by atoms with Crippen molar-refractivity contribution in [2.45, 2.75) is 26.7 Å². The first-order valence-electron chi connectivity index (χ1n) is 7.74. The van der Waals surface area contributed by atoms with Crippen LogP contribution >= 0.6 is 0 Å². The lowest BCUT2D eigenvalue weighted by atomic mass is 9.92. The average Bonchev–Trinajstić information content (AvgIpc) is 2.81. The minimum absolute atomic E-state index is 0.260. The molecule has 2 aliphatic rings. The molecule has 0 aromatic heterocycles. The lowest BCUT2D eigenvalue weighted by Gasteiger charge is -2.35. The van der Waals surface area contributed by atoms with E-state index in [1.807, 2.05) is 11.0 Å². The maximum atomic E-state index is 12.6. The molecule has 1 fully saturated rings. The number of benzene rings is 1. The number of carbonyl (C=O) groups is 1. The van der Waals surface area contributed by atoms with Crippen molar-refractivity contribution < 1.29 is 4.79 Å². The SMILES string of the molecule is CC1CC(C)CN(CC(=O)N2CCc3ccccc32)C1. The van der Waals surface area contributed by atoms with Crippen LogP contribution in [-0.2, 0) is 11.2 Å². The van der Waals surface area contributed by atoms with Crippen LogP contribution in [0.2, 0.25) is 0 Å². The van der Waals surface area contributed by atoms with Crippen LogP contribution in [0.15, 0.2) is 24.3 Å². The van der Waals surface area contributed by atoms with Gasteiger partial charge in [0.2, 0.25) is 5.91 Å².